The molecule has 0 amide bonds. The van der Waals surface area contributed by atoms with Gasteiger partial charge in [-0.25, -0.2) is 0 Å². The topological polar surface area (TPSA) is 17.8 Å². The Morgan fingerprint density at radius 1 is 1.23 bits per heavy atom. The molecule has 2 heteroatoms. The standard InChI is InChI=1S/C9H10N2.C2H6/c1-7-5-8-3-4-11(2)10-9(8)6-7;1-2/h3-6H,1-2H3;1-2H3. The van der Waals surface area contributed by atoms with E-state index in [2.05, 4.69) is 30.2 Å². The van der Waals surface area contributed by atoms with Crippen LogP contribution in [-0.4, -0.2) is 9.78 Å². The van der Waals surface area contributed by atoms with E-state index in [1.165, 1.54) is 11.1 Å². The molecule has 0 spiro atoms. The van der Waals surface area contributed by atoms with Gasteiger partial charge in [-0.15, -0.1) is 0 Å². The van der Waals surface area contributed by atoms with Gasteiger partial charge >= 0.3 is 0 Å². The Morgan fingerprint density at radius 2 is 1.92 bits per heavy atom. The number of hydrogen-bond donors (Lipinski definition) is 0. The van der Waals surface area contributed by atoms with Gasteiger partial charge in [0.2, 0.25) is 0 Å². The summed E-state index contributed by atoms with van der Waals surface area (Å²) in [7, 11) is 1.93. The van der Waals surface area contributed by atoms with Crippen LogP contribution in [0.5, 0.6) is 0 Å². The van der Waals surface area contributed by atoms with E-state index >= 15 is 0 Å². The lowest BCUT2D eigenvalue weighted by Gasteiger charge is -1.99. The van der Waals surface area contributed by atoms with Gasteiger partial charge in [0.1, 0.15) is 0 Å². The lowest BCUT2D eigenvalue weighted by molar-refractivity contribution is 0.744. The van der Waals surface area contributed by atoms with Gasteiger partial charge in [-0.05, 0) is 30.7 Å². The van der Waals surface area contributed by atoms with Gasteiger partial charge in [0.25, 0.3) is 0 Å². The van der Waals surface area contributed by atoms with Gasteiger partial charge in [0.15, 0.2) is 0 Å². The van der Waals surface area contributed by atoms with Crippen LogP contribution in [0.4, 0.5) is 0 Å². The Kier molecular flexibility index (Phi) is 3.07. The molecule has 0 aromatic rings. The van der Waals surface area contributed by atoms with E-state index in [1.807, 2.05) is 31.8 Å². The molecular weight excluding hydrogens is 160 g/mol. The highest BCUT2D eigenvalue weighted by atomic mass is 15.2. The van der Waals surface area contributed by atoms with Crippen molar-refractivity contribution in [3.8, 4) is 11.3 Å². The SMILES string of the molecule is CC.Cc1cc2ccn(C)nc-2c1. The predicted octanol–water partition coefficient (Wildman–Crippen LogP) is 2.86. The lowest BCUT2D eigenvalue weighted by atomic mass is 10.3. The molecule has 0 bridgehead atoms. The monoisotopic (exact) mass is 176 g/mol. The molecule has 0 N–H and O–H groups in total. The summed E-state index contributed by atoms with van der Waals surface area (Å²) in [4.78, 5) is 0. The molecule has 0 fully saturated rings. The van der Waals surface area contributed by atoms with E-state index in [-0.39, 0.29) is 0 Å². The summed E-state index contributed by atoms with van der Waals surface area (Å²) in [6.45, 7) is 6.08. The molecule has 70 valence electrons. The van der Waals surface area contributed by atoms with E-state index in [0.717, 1.165) is 5.69 Å². The highest BCUT2D eigenvalue weighted by molar-refractivity contribution is 5.63. The maximum atomic E-state index is 4.31. The Hall–Kier alpha value is -1.31. The highest BCUT2D eigenvalue weighted by Crippen LogP contribution is 2.21. The Bertz CT molecular complexity index is 349. The first kappa shape index (κ1) is 9.78. The van der Waals surface area contributed by atoms with Crippen molar-refractivity contribution in [1.29, 1.82) is 0 Å². The normalized spacial score (nSPS) is 9.54. The molecule has 2 nitrogen and oxygen atoms in total. The second-order valence-corrected chi connectivity index (χ2v) is 2.86. The molecule has 0 atom stereocenters. The minimum atomic E-state index is 1.08. The van der Waals surface area contributed by atoms with E-state index < -0.39 is 0 Å². The summed E-state index contributed by atoms with van der Waals surface area (Å²) < 4.78 is 1.82. The van der Waals surface area contributed by atoms with Crippen molar-refractivity contribution in [3.05, 3.63) is 30.0 Å². The van der Waals surface area contributed by atoms with Crippen LogP contribution in [-0.2, 0) is 7.05 Å². The zero-order valence-electron chi connectivity index (χ0n) is 8.70. The quantitative estimate of drug-likeness (QED) is 0.603. The first-order chi connectivity index (χ1) is 6.25. The molecule has 1 aliphatic carbocycles. The summed E-state index contributed by atoms with van der Waals surface area (Å²) in [5.41, 5.74) is 3.58. The Labute approximate surface area is 79.5 Å². The average molecular weight is 176 g/mol. The number of aryl methyl sites for hydroxylation is 2. The summed E-state index contributed by atoms with van der Waals surface area (Å²) in [5, 5.41) is 4.31. The van der Waals surface area contributed by atoms with Crippen molar-refractivity contribution in [3.63, 3.8) is 0 Å². The molecule has 1 aliphatic heterocycles. The smallest absolute Gasteiger partial charge is 0.0911 e. The van der Waals surface area contributed by atoms with Crippen molar-refractivity contribution in [2.75, 3.05) is 0 Å². The summed E-state index contributed by atoms with van der Waals surface area (Å²) in [6.07, 6.45) is 1.96. The maximum absolute atomic E-state index is 4.31. The first-order valence-electron chi connectivity index (χ1n) is 4.66. The minimum Gasteiger partial charge on any atom is -0.275 e. The minimum absolute atomic E-state index is 1.08. The van der Waals surface area contributed by atoms with Gasteiger partial charge in [0, 0.05) is 18.8 Å². The maximum Gasteiger partial charge on any atom is 0.0911 e. The Morgan fingerprint density at radius 3 is 2.62 bits per heavy atom. The van der Waals surface area contributed by atoms with E-state index in [1.54, 1.807) is 0 Å². The van der Waals surface area contributed by atoms with E-state index in [4.69, 9.17) is 0 Å². The molecule has 0 unspecified atom stereocenters. The van der Waals surface area contributed by atoms with Crippen molar-refractivity contribution in [1.82, 2.24) is 9.78 Å². The van der Waals surface area contributed by atoms with Crippen molar-refractivity contribution in [2.24, 2.45) is 7.05 Å². The van der Waals surface area contributed by atoms with Gasteiger partial charge in [-0.3, -0.25) is 4.68 Å². The van der Waals surface area contributed by atoms with Crippen molar-refractivity contribution >= 4 is 0 Å². The molecule has 0 saturated heterocycles. The fourth-order valence-electron chi connectivity index (χ4n) is 1.27. The van der Waals surface area contributed by atoms with Crippen molar-refractivity contribution in [2.45, 2.75) is 20.8 Å². The molecule has 2 aliphatic rings. The third-order valence-corrected chi connectivity index (χ3v) is 1.78. The fourth-order valence-corrected chi connectivity index (χ4v) is 1.27. The van der Waals surface area contributed by atoms with Gasteiger partial charge in [0.05, 0.1) is 5.69 Å². The summed E-state index contributed by atoms with van der Waals surface area (Å²) in [5.74, 6) is 0. The molecule has 2 rings (SSSR count). The third-order valence-electron chi connectivity index (χ3n) is 1.78. The summed E-state index contributed by atoms with van der Waals surface area (Å²) in [6, 6.07) is 6.31. The summed E-state index contributed by atoms with van der Waals surface area (Å²) >= 11 is 0. The molecule has 0 aromatic carbocycles. The van der Waals surface area contributed by atoms with Crippen LogP contribution in [0, 0.1) is 6.92 Å². The van der Waals surface area contributed by atoms with E-state index in [0.29, 0.717) is 0 Å². The number of nitrogens with zero attached hydrogens (tertiary/aromatic N) is 2. The molecule has 0 radical (unpaired) electrons. The van der Waals surface area contributed by atoms with Gasteiger partial charge in [-0.2, -0.15) is 5.10 Å². The molecule has 0 saturated carbocycles. The predicted molar refractivity (Wildman–Crippen MR) is 55.9 cm³/mol. The fraction of sp³-hybridized carbons (Fsp3) is 0.364. The Balaban J connectivity index is 0.000000396. The van der Waals surface area contributed by atoms with Crippen LogP contribution >= 0.6 is 0 Å². The lowest BCUT2D eigenvalue weighted by Crippen LogP contribution is -1.96. The largest absolute Gasteiger partial charge is 0.275 e. The zero-order valence-corrected chi connectivity index (χ0v) is 8.70. The van der Waals surface area contributed by atoms with Crippen LogP contribution in [0.15, 0.2) is 24.4 Å². The van der Waals surface area contributed by atoms with Crippen LogP contribution in [0.1, 0.15) is 19.4 Å². The first-order valence-corrected chi connectivity index (χ1v) is 4.66. The van der Waals surface area contributed by atoms with Crippen LogP contribution < -0.4 is 0 Å². The molecule has 1 heterocycles. The number of rotatable bonds is 0. The number of fused-ring (bicyclic) bond motifs is 1. The van der Waals surface area contributed by atoms with Crippen molar-refractivity contribution < 1.29 is 0 Å². The highest BCUT2D eigenvalue weighted by Gasteiger charge is 2.03. The van der Waals surface area contributed by atoms with Crippen LogP contribution in [0.3, 0.4) is 0 Å². The molecule has 0 aromatic heterocycles. The number of hydrogen-bond acceptors (Lipinski definition) is 1. The second-order valence-electron chi connectivity index (χ2n) is 2.86. The average Bonchev–Trinajstić information content (AvgIpc) is 2.48. The van der Waals surface area contributed by atoms with Crippen LogP contribution in [0.25, 0.3) is 11.3 Å². The van der Waals surface area contributed by atoms with Gasteiger partial charge in [-0.1, -0.05) is 13.8 Å². The third kappa shape index (κ3) is 2.08. The van der Waals surface area contributed by atoms with E-state index in [9.17, 15) is 0 Å². The number of aromatic nitrogens is 2. The molecular formula is C11H16N2. The second kappa shape index (κ2) is 4.08. The zero-order chi connectivity index (χ0) is 9.84. The van der Waals surface area contributed by atoms with Crippen LogP contribution in [0.2, 0.25) is 0 Å². The molecule has 13 heavy (non-hydrogen) atoms. The van der Waals surface area contributed by atoms with Gasteiger partial charge < -0.3 is 0 Å².